The van der Waals surface area contributed by atoms with Crippen LogP contribution in [0.25, 0.3) is 0 Å². The number of thiocarbonyl (C=S) groups is 1. The zero-order valence-electron chi connectivity index (χ0n) is 17.9. The molecule has 1 aliphatic carbocycles. The highest BCUT2D eigenvalue weighted by molar-refractivity contribution is 7.81. The number of methoxy groups -OCH3 is 1. The van der Waals surface area contributed by atoms with Gasteiger partial charge in [0.2, 0.25) is 0 Å². The number of nitrogens with zero attached hydrogens (tertiary/aromatic N) is 4. The van der Waals surface area contributed by atoms with Crippen molar-refractivity contribution < 1.29 is 18.3 Å². The molecule has 2 aromatic rings. The average Bonchev–Trinajstić information content (AvgIpc) is 3.01. The van der Waals surface area contributed by atoms with Gasteiger partial charge in [-0.3, -0.25) is 9.69 Å². The van der Waals surface area contributed by atoms with Gasteiger partial charge < -0.3 is 9.64 Å². The topological polar surface area (TPSA) is 80.4 Å². The summed E-state index contributed by atoms with van der Waals surface area (Å²) in [6.07, 6.45) is 3.10. The molecule has 0 unspecified atom stereocenters. The number of anilines is 2. The van der Waals surface area contributed by atoms with Crippen molar-refractivity contribution in [2.75, 3.05) is 16.9 Å². The van der Waals surface area contributed by atoms with Crippen LogP contribution in [-0.4, -0.2) is 23.7 Å². The lowest BCUT2D eigenvalue weighted by atomic mass is 9.75. The van der Waals surface area contributed by atoms with Gasteiger partial charge in [0.05, 0.1) is 24.4 Å². The standard InChI is InChI=1S/C24H20F2N4O2S/c1-32-21-16(14-28)7-9-19(20(21)26)29-22(31)24(10-4-11-24)30(23(29)33)17-8-6-15(18(25)13-17)5-2-3-12-27/h6-9,13H,2-5,10-11H2,1H3. The second-order valence-electron chi connectivity index (χ2n) is 8.02. The molecule has 1 heterocycles. The number of rotatable bonds is 6. The summed E-state index contributed by atoms with van der Waals surface area (Å²) in [5, 5.41) is 17.9. The molecular formula is C24H20F2N4O2S. The fraction of sp³-hybridized carbons (Fsp3) is 0.333. The normalized spacial score (nSPS) is 16.5. The van der Waals surface area contributed by atoms with E-state index in [0.717, 1.165) is 11.3 Å². The molecule has 0 radical (unpaired) electrons. The molecule has 2 aliphatic rings. The molecule has 0 atom stereocenters. The van der Waals surface area contributed by atoms with E-state index in [4.69, 9.17) is 22.2 Å². The van der Waals surface area contributed by atoms with Crippen molar-refractivity contribution in [1.82, 2.24) is 0 Å². The highest BCUT2D eigenvalue weighted by Gasteiger charge is 2.60. The largest absolute Gasteiger partial charge is 0.492 e. The van der Waals surface area contributed by atoms with E-state index in [0.29, 0.717) is 43.4 Å². The number of nitriles is 2. The molecule has 1 saturated carbocycles. The maximum Gasteiger partial charge on any atom is 0.259 e. The summed E-state index contributed by atoms with van der Waals surface area (Å²) in [6, 6.07) is 11.3. The highest BCUT2D eigenvalue weighted by atomic mass is 32.1. The van der Waals surface area contributed by atoms with Gasteiger partial charge in [-0.05, 0) is 74.2 Å². The van der Waals surface area contributed by atoms with Crippen molar-refractivity contribution in [2.24, 2.45) is 0 Å². The monoisotopic (exact) mass is 466 g/mol. The minimum absolute atomic E-state index is 0.000542. The molecule has 0 aromatic heterocycles. The number of unbranched alkanes of at least 4 members (excludes halogenated alkanes) is 1. The van der Waals surface area contributed by atoms with Crippen molar-refractivity contribution in [3.8, 4) is 17.9 Å². The van der Waals surface area contributed by atoms with Gasteiger partial charge in [-0.2, -0.15) is 10.5 Å². The fourth-order valence-corrected chi connectivity index (χ4v) is 4.90. The summed E-state index contributed by atoms with van der Waals surface area (Å²) < 4.78 is 35.1. The van der Waals surface area contributed by atoms with Crippen LogP contribution in [0.2, 0.25) is 0 Å². The van der Waals surface area contributed by atoms with Crippen LogP contribution < -0.4 is 14.5 Å². The second kappa shape index (κ2) is 8.76. The number of hydrogen-bond donors (Lipinski definition) is 0. The Bertz CT molecular complexity index is 1230. The molecule has 0 N–H and O–H groups in total. The van der Waals surface area contributed by atoms with Crippen molar-refractivity contribution in [1.29, 1.82) is 10.5 Å². The number of benzene rings is 2. The van der Waals surface area contributed by atoms with Crippen LogP contribution in [0, 0.1) is 34.3 Å². The molecule has 2 fully saturated rings. The molecule has 1 saturated heterocycles. The van der Waals surface area contributed by atoms with Crippen LogP contribution in [0.5, 0.6) is 5.75 Å². The molecule has 1 spiro atoms. The first-order valence-electron chi connectivity index (χ1n) is 10.5. The first-order chi connectivity index (χ1) is 15.9. The maximum atomic E-state index is 15.3. The summed E-state index contributed by atoms with van der Waals surface area (Å²) in [7, 11) is 1.24. The van der Waals surface area contributed by atoms with Crippen LogP contribution in [-0.2, 0) is 11.2 Å². The zero-order chi connectivity index (χ0) is 23.8. The zero-order valence-corrected chi connectivity index (χ0v) is 18.7. The van der Waals surface area contributed by atoms with E-state index < -0.39 is 17.2 Å². The molecule has 2 aromatic carbocycles. The number of carbonyl (C=O) groups excluding carboxylic acids is 1. The number of ether oxygens (including phenoxy) is 1. The number of amides is 1. The third-order valence-corrected chi connectivity index (χ3v) is 6.63. The lowest BCUT2D eigenvalue weighted by Crippen LogP contribution is -2.55. The van der Waals surface area contributed by atoms with Crippen molar-refractivity contribution in [3.63, 3.8) is 0 Å². The molecule has 6 nitrogen and oxygen atoms in total. The van der Waals surface area contributed by atoms with Crippen LogP contribution in [0.15, 0.2) is 30.3 Å². The highest BCUT2D eigenvalue weighted by Crippen LogP contribution is 2.48. The van der Waals surface area contributed by atoms with Gasteiger partial charge in [-0.15, -0.1) is 0 Å². The van der Waals surface area contributed by atoms with Gasteiger partial charge in [0.1, 0.15) is 17.4 Å². The van der Waals surface area contributed by atoms with Gasteiger partial charge >= 0.3 is 0 Å². The number of hydrogen-bond acceptors (Lipinski definition) is 5. The predicted octanol–water partition coefficient (Wildman–Crippen LogP) is 4.75. The minimum atomic E-state index is -1.00. The van der Waals surface area contributed by atoms with E-state index in [1.165, 1.54) is 25.3 Å². The van der Waals surface area contributed by atoms with Crippen LogP contribution in [0.3, 0.4) is 0 Å². The number of aryl methyl sites for hydroxylation is 1. The summed E-state index contributed by atoms with van der Waals surface area (Å²) in [5.41, 5.74) is -0.214. The van der Waals surface area contributed by atoms with E-state index in [1.807, 2.05) is 12.1 Å². The van der Waals surface area contributed by atoms with E-state index in [1.54, 1.807) is 17.0 Å². The minimum Gasteiger partial charge on any atom is -0.492 e. The van der Waals surface area contributed by atoms with Crippen LogP contribution in [0.1, 0.15) is 43.2 Å². The van der Waals surface area contributed by atoms with Crippen molar-refractivity contribution in [2.45, 2.75) is 44.1 Å². The lowest BCUT2D eigenvalue weighted by molar-refractivity contribution is -0.123. The van der Waals surface area contributed by atoms with Gasteiger partial charge in [-0.25, -0.2) is 8.78 Å². The Hall–Kier alpha value is -3.56. The van der Waals surface area contributed by atoms with E-state index in [9.17, 15) is 14.4 Å². The Labute approximate surface area is 195 Å². The van der Waals surface area contributed by atoms with E-state index in [-0.39, 0.29) is 28.0 Å². The summed E-state index contributed by atoms with van der Waals surface area (Å²) >= 11 is 5.61. The Morgan fingerprint density at radius 2 is 1.97 bits per heavy atom. The van der Waals surface area contributed by atoms with Gasteiger partial charge in [0.15, 0.2) is 16.7 Å². The first-order valence-corrected chi connectivity index (χ1v) is 10.9. The van der Waals surface area contributed by atoms with Crippen molar-refractivity contribution >= 4 is 34.6 Å². The summed E-state index contributed by atoms with van der Waals surface area (Å²) in [4.78, 5) is 16.3. The predicted molar refractivity (Wildman–Crippen MR) is 122 cm³/mol. The van der Waals surface area contributed by atoms with Crippen LogP contribution in [0.4, 0.5) is 20.2 Å². The average molecular weight is 467 g/mol. The van der Waals surface area contributed by atoms with Gasteiger partial charge in [0.25, 0.3) is 5.91 Å². The smallest absolute Gasteiger partial charge is 0.259 e. The van der Waals surface area contributed by atoms with Crippen molar-refractivity contribution in [3.05, 3.63) is 53.1 Å². The van der Waals surface area contributed by atoms with E-state index in [2.05, 4.69) is 0 Å². The maximum absolute atomic E-state index is 15.3. The fourth-order valence-electron chi connectivity index (χ4n) is 4.43. The Kier molecular flexibility index (Phi) is 6.01. The molecule has 1 aliphatic heterocycles. The molecule has 33 heavy (non-hydrogen) atoms. The Balaban J connectivity index is 1.74. The Morgan fingerprint density at radius 1 is 1.21 bits per heavy atom. The molecular weight excluding hydrogens is 446 g/mol. The van der Waals surface area contributed by atoms with Crippen LogP contribution >= 0.6 is 12.2 Å². The van der Waals surface area contributed by atoms with Gasteiger partial charge in [0, 0.05) is 12.1 Å². The molecule has 0 bridgehead atoms. The third-order valence-electron chi connectivity index (χ3n) is 6.26. The third kappa shape index (κ3) is 3.49. The summed E-state index contributed by atoms with van der Waals surface area (Å²) in [5.74, 6) is -1.95. The molecule has 168 valence electrons. The summed E-state index contributed by atoms with van der Waals surface area (Å²) in [6.45, 7) is 0. The SMILES string of the molecule is COc1c(C#N)ccc(N2C(=O)C3(CCC3)N(c3ccc(CCCC#N)c(F)c3)C2=S)c1F. The number of halogens is 2. The first kappa shape index (κ1) is 22.6. The molecule has 4 rings (SSSR count). The van der Waals surface area contributed by atoms with Gasteiger partial charge in [-0.1, -0.05) is 6.07 Å². The molecule has 1 amide bonds. The lowest BCUT2D eigenvalue weighted by Gasteiger charge is -2.43. The number of carbonyl (C=O) groups is 1. The molecule has 9 heteroatoms. The van der Waals surface area contributed by atoms with E-state index >= 15 is 4.39 Å². The quantitative estimate of drug-likeness (QED) is 0.451. The second-order valence-corrected chi connectivity index (χ2v) is 8.39. The Morgan fingerprint density at radius 3 is 2.55 bits per heavy atom.